The van der Waals surface area contributed by atoms with Crippen molar-refractivity contribution in [1.29, 1.82) is 0 Å². The number of hydrogen-bond acceptors (Lipinski definition) is 5. The fraction of sp³-hybridized carbons (Fsp3) is 0.333. The minimum Gasteiger partial charge on any atom is -0.469 e. The second-order valence-corrected chi connectivity index (χ2v) is 6.22. The van der Waals surface area contributed by atoms with E-state index in [-0.39, 0.29) is 19.0 Å². The summed E-state index contributed by atoms with van der Waals surface area (Å²) in [5.41, 5.74) is 8.56. The van der Waals surface area contributed by atoms with Crippen LogP contribution < -0.4 is 16.0 Å². The highest BCUT2D eigenvalue weighted by Crippen LogP contribution is 2.23. The number of rotatable bonds is 9. The van der Waals surface area contributed by atoms with Crippen molar-refractivity contribution in [2.24, 2.45) is 5.73 Å². The van der Waals surface area contributed by atoms with Crippen LogP contribution in [0.3, 0.4) is 0 Å². The van der Waals surface area contributed by atoms with Gasteiger partial charge in [0.2, 0.25) is 0 Å². The van der Waals surface area contributed by atoms with Gasteiger partial charge < -0.3 is 20.5 Å². The first kappa shape index (κ1) is 21.4. The molecule has 2 rings (SSSR count). The van der Waals surface area contributed by atoms with Crippen molar-refractivity contribution in [3.8, 4) is 11.1 Å². The van der Waals surface area contributed by atoms with Crippen LogP contribution in [0.2, 0.25) is 0 Å². The molecule has 0 spiro atoms. The molecule has 0 radical (unpaired) electrons. The molecule has 0 saturated carbocycles. The van der Waals surface area contributed by atoms with Gasteiger partial charge in [0.15, 0.2) is 0 Å². The van der Waals surface area contributed by atoms with Gasteiger partial charge in [-0.05, 0) is 23.3 Å². The van der Waals surface area contributed by atoms with E-state index in [0.717, 1.165) is 16.8 Å². The molecule has 7 heteroatoms. The molecule has 1 atom stereocenters. The largest absolute Gasteiger partial charge is 0.469 e. The first-order valence-corrected chi connectivity index (χ1v) is 9.08. The number of carbonyl (C=O) groups is 2. The van der Waals surface area contributed by atoms with E-state index in [1.807, 2.05) is 54.6 Å². The summed E-state index contributed by atoms with van der Waals surface area (Å²) >= 11 is 0. The zero-order valence-corrected chi connectivity index (χ0v) is 16.3. The lowest BCUT2D eigenvalue weighted by atomic mass is 10.1. The van der Waals surface area contributed by atoms with E-state index in [9.17, 15) is 9.59 Å². The molecule has 0 aliphatic heterocycles. The van der Waals surface area contributed by atoms with Gasteiger partial charge in [-0.15, -0.1) is 0 Å². The summed E-state index contributed by atoms with van der Waals surface area (Å²) in [6.45, 7) is 0.868. The normalized spacial score (nSPS) is 11.5. The van der Waals surface area contributed by atoms with Gasteiger partial charge in [-0.25, -0.2) is 4.79 Å². The Hall–Kier alpha value is -2.90. The third-order valence-corrected chi connectivity index (χ3v) is 4.30. The minimum atomic E-state index is -0.506. The maximum Gasteiger partial charge on any atom is 0.322 e. The first-order chi connectivity index (χ1) is 13.6. The highest BCUT2D eigenvalue weighted by atomic mass is 16.5. The third-order valence-electron chi connectivity index (χ3n) is 4.30. The number of ether oxygens (including phenoxy) is 2. The van der Waals surface area contributed by atoms with E-state index in [0.29, 0.717) is 13.2 Å². The van der Waals surface area contributed by atoms with Crippen LogP contribution >= 0.6 is 0 Å². The lowest BCUT2D eigenvalue weighted by Gasteiger charge is -2.26. The lowest BCUT2D eigenvalue weighted by Crippen LogP contribution is -2.49. The summed E-state index contributed by atoms with van der Waals surface area (Å²) in [6.07, 6.45) is 0.0177. The van der Waals surface area contributed by atoms with Crippen LogP contribution in [0.25, 0.3) is 11.1 Å². The summed E-state index contributed by atoms with van der Waals surface area (Å²) in [7, 11) is 2.88. The summed E-state index contributed by atoms with van der Waals surface area (Å²) in [4.78, 5) is 25.8. The van der Waals surface area contributed by atoms with Crippen molar-refractivity contribution in [2.75, 3.05) is 38.8 Å². The predicted molar refractivity (Wildman–Crippen MR) is 109 cm³/mol. The molecule has 0 bridgehead atoms. The van der Waals surface area contributed by atoms with E-state index in [4.69, 9.17) is 10.5 Å². The molecule has 150 valence electrons. The summed E-state index contributed by atoms with van der Waals surface area (Å²) in [5, 5.41) is 2.79. The lowest BCUT2D eigenvalue weighted by molar-refractivity contribution is -0.141. The zero-order valence-electron chi connectivity index (χ0n) is 16.3. The highest BCUT2D eigenvalue weighted by molar-refractivity contribution is 5.92. The van der Waals surface area contributed by atoms with Crippen molar-refractivity contribution in [1.82, 2.24) is 5.32 Å². The number of hydrogen-bond donors (Lipinski definition) is 2. The molecule has 0 saturated heterocycles. The van der Waals surface area contributed by atoms with E-state index in [1.54, 1.807) is 12.0 Å². The Bertz CT molecular complexity index is 750. The number of esters is 1. The zero-order chi connectivity index (χ0) is 20.4. The minimum absolute atomic E-state index is 0.0177. The first-order valence-electron chi connectivity index (χ1n) is 9.08. The number of benzene rings is 2. The molecule has 2 aromatic carbocycles. The SMILES string of the molecule is COCCN(C(=O)N[C@@H](CN)CC(=O)OC)c1ccc(-c2ccccc2)cc1. The van der Waals surface area contributed by atoms with Gasteiger partial charge in [-0.2, -0.15) is 0 Å². The molecule has 3 N–H and O–H groups in total. The number of carbonyl (C=O) groups excluding carboxylic acids is 2. The maximum atomic E-state index is 12.8. The molecule has 0 aromatic heterocycles. The standard InChI is InChI=1S/C21H27N3O4/c1-27-13-12-24(21(26)23-18(15-22)14-20(25)28-2)19-10-8-17(9-11-19)16-6-4-3-5-7-16/h3-11,18H,12-15,22H2,1-2H3,(H,23,26)/t18-/m1/s1. The van der Waals surface area contributed by atoms with Crippen molar-refractivity contribution < 1.29 is 19.1 Å². The number of nitrogens with one attached hydrogen (secondary N) is 1. The second-order valence-electron chi connectivity index (χ2n) is 6.22. The molecule has 0 unspecified atom stereocenters. The van der Waals surface area contributed by atoms with Crippen LogP contribution in [0.15, 0.2) is 54.6 Å². The maximum absolute atomic E-state index is 12.8. The molecule has 0 aliphatic rings. The Morgan fingerprint density at radius 2 is 1.68 bits per heavy atom. The van der Waals surface area contributed by atoms with Crippen molar-refractivity contribution in [3.05, 3.63) is 54.6 Å². The molecular weight excluding hydrogens is 358 g/mol. The fourth-order valence-electron chi connectivity index (χ4n) is 2.73. The molecule has 2 aromatic rings. The fourth-order valence-corrected chi connectivity index (χ4v) is 2.73. The van der Waals surface area contributed by atoms with Gasteiger partial charge in [-0.1, -0.05) is 42.5 Å². The quantitative estimate of drug-likeness (QED) is 0.647. The Morgan fingerprint density at radius 1 is 1.04 bits per heavy atom. The van der Waals surface area contributed by atoms with Crippen molar-refractivity contribution >= 4 is 17.7 Å². The number of nitrogens with zero attached hydrogens (tertiary/aromatic N) is 1. The van der Waals surface area contributed by atoms with Crippen LogP contribution in [-0.2, 0) is 14.3 Å². The number of anilines is 1. The van der Waals surface area contributed by atoms with E-state index < -0.39 is 12.0 Å². The van der Waals surface area contributed by atoms with E-state index >= 15 is 0 Å². The topological polar surface area (TPSA) is 93.9 Å². The van der Waals surface area contributed by atoms with Crippen LogP contribution in [-0.4, -0.2) is 52.0 Å². The predicted octanol–water partition coefficient (Wildman–Crippen LogP) is 2.41. The van der Waals surface area contributed by atoms with Gasteiger partial charge in [0.25, 0.3) is 0 Å². The van der Waals surface area contributed by atoms with Gasteiger partial charge >= 0.3 is 12.0 Å². The average molecular weight is 385 g/mol. The average Bonchev–Trinajstić information content (AvgIpc) is 2.74. The van der Waals surface area contributed by atoms with Gasteiger partial charge in [-0.3, -0.25) is 9.69 Å². The summed E-state index contributed by atoms with van der Waals surface area (Å²) in [5.74, 6) is -0.425. The molecule has 7 nitrogen and oxygen atoms in total. The summed E-state index contributed by atoms with van der Waals surface area (Å²) in [6, 6.07) is 16.8. The third kappa shape index (κ3) is 6.07. The molecule has 2 amide bonds. The Labute approximate surface area is 165 Å². The monoisotopic (exact) mass is 385 g/mol. The summed E-state index contributed by atoms with van der Waals surface area (Å²) < 4.78 is 9.78. The van der Waals surface area contributed by atoms with Gasteiger partial charge in [0.05, 0.1) is 32.7 Å². The molecule has 0 heterocycles. The van der Waals surface area contributed by atoms with Crippen LogP contribution in [0, 0.1) is 0 Å². The molecule has 0 fully saturated rings. The van der Waals surface area contributed by atoms with Crippen LogP contribution in [0.5, 0.6) is 0 Å². The molecule has 0 aliphatic carbocycles. The number of urea groups is 1. The number of amides is 2. The van der Waals surface area contributed by atoms with Gasteiger partial charge in [0, 0.05) is 19.3 Å². The Morgan fingerprint density at radius 3 is 2.25 bits per heavy atom. The highest BCUT2D eigenvalue weighted by Gasteiger charge is 2.21. The smallest absolute Gasteiger partial charge is 0.322 e. The second kappa shape index (κ2) is 11.1. The number of nitrogens with two attached hydrogens (primary N) is 1. The van der Waals surface area contributed by atoms with Gasteiger partial charge in [0.1, 0.15) is 0 Å². The number of methoxy groups -OCH3 is 2. The van der Waals surface area contributed by atoms with Crippen molar-refractivity contribution in [2.45, 2.75) is 12.5 Å². The van der Waals surface area contributed by atoms with E-state index in [2.05, 4.69) is 10.1 Å². The van der Waals surface area contributed by atoms with Crippen LogP contribution in [0.1, 0.15) is 6.42 Å². The van der Waals surface area contributed by atoms with Crippen molar-refractivity contribution in [3.63, 3.8) is 0 Å². The molecule has 28 heavy (non-hydrogen) atoms. The molecular formula is C21H27N3O4. The van der Waals surface area contributed by atoms with Crippen LogP contribution in [0.4, 0.5) is 10.5 Å². The Balaban J connectivity index is 2.15. The Kier molecular flexibility index (Phi) is 8.45. The van der Waals surface area contributed by atoms with E-state index in [1.165, 1.54) is 7.11 Å².